The van der Waals surface area contributed by atoms with Gasteiger partial charge in [0.05, 0.1) is 49.0 Å². The summed E-state index contributed by atoms with van der Waals surface area (Å²) in [6, 6.07) is 15.7. The first-order valence-corrected chi connectivity index (χ1v) is 14.8. The number of fused-ring (bicyclic) bond motifs is 1. The van der Waals surface area contributed by atoms with Gasteiger partial charge in [-0.1, -0.05) is 18.2 Å². The maximum absolute atomic E-state index is 14.3. The summed E-state index contributed by atoms with van der Waals surface area (Å²) in [4.78, 5) is 30.0. The molecule has 0 spiro atoms. The third-order valence-electron chi connectivity index (χ3n) is 8.50. The highest BCUT2D eigenvalue weighted by Crippen LogP contribution is 2.31. The molecule has 3 atom stereocenters. The highest BCUT2D eigenvalue weighted by molar-refractivity contribution is 5.93. The maximum atomic E-state index is 14.3. The van der Waals surface area contributed by atoms with Crippen LogP contribution >= 0.6 is 0 Å². The van der Waals surface area contributed by atoms with Gasteiger partial charge in [-0.3, -0.25) is 4.90 Å². The largest absolute Gasteiger partial charge is 0.473 e. The Morgan fingerprint density at radius 2 is 2.02 bits per heavy atom. The summed E-state index contributed by atoms with van der Waals surface area (Å²) < 4.78 is 33.1. The van der Waals surface area contributed by atoms with Gasteiger partial charge in [-0.2, -0.15) is 4.98 Å². The first-order chi connectivity index (χ1) is 21.3. The molecule has 228 valence electrons. The van der Waals surface area contributed by atoms with Crippen molar-refractivity contribution < 1.29 is 23.4 Å². The Morgan fingerprint density at radius 3 is 2.73 bits per heavy atom. The molecule has 2 aliphatic rings. The number of imidazole rings is 1. The number of pyridine rings is 1. The quantitative estimate of drug-likeness (QED) is 0.183. The van der Waals surface area contributed by atoms with Crippen molar-refractivity contribution in [3.05, 3.63) is 88.8 Å². The average molecular weight is 599 g/mol. The lowest BCUT2D eigenvalue weighted by Crippen LogP contribution is -2.53. The zero-order chi connectivity index (χ0) is 30.8. The van der Waals surface area contributed by atoms with Crippen LogP contribution in [0, 0.1) is 12.4 Å². The number of anilines is 1. The number of carbonyl (C=O) groups is 1. The molecule has 2 aromatic carbocycles. The number of halogens is 1. The monoisotopic (exact) mass is 598 g/mol. The van der Waals surface area contributed by atoms with Crippen LogP contribution in [0.4, 0.5) is 15.9 Å². The standard InChI is InChI=1S/C33H35FN6O4/c1-21-18-38(13-14-39(21)30-6-5-7-31(37-30)44-20-24-8-10-25(35-3)17-27(24)34)22(2)32-36-28-11-9-23(33(41)42-4)16-29(28)40(32)19-26-12-15-43-26/h5-11,16-17,21-22,26H,12-15,18-20H2,1-2,4H3/t21-,22+,26+/m1/s1. The predicted octanol–water partition coefficient (Wildman–Crippen LogP) is 5.55. The highest BCUT2D eigenvalue weighted by atomic mass is 19.1. The molecule has 4 heterocycles. The fraction of sp³-hybridized carbons (Fsp3) is 0.394. The summed E-state index contributed by atoms with van der Waals surface area (Å²) >= 11 is 0. The van der Waals surface area contributed by atoms with Crippen molar-refractivity contribution in [3.63, 3.8) is 0 Å². The first-order valence-electron chi connectivity index (χ1n) is 14.8. The second kappa shape index (κ2) is 12.6. The minimum atomic E-state index is -0.467. The molecular formula is C33H35FN6O4. The van der Waals surface area contributed by atoms with Crippen molar-refractivity contribution in [2.45, 2.75) is 51.6 Å². The van der Waals surface area contributed by atoms with Crippen molar-refractivity contribution in [2.75, 3.05) is 38.3 Å². The number of benzene rings is 2. The summed E-state index contributed by atoms with van der Waals surface area (Å²) in [7, 11) is 1.39. The molecule has 0 aliphatic carbocycles. The number of hydrogen-bond donors (Lipinski definition) is 0. The number of methoxy groups -OCH3 is 1. The van der Waals surface area contributed by atoms with Crippen LogP contribution in [-0.2, 0) is 22.6 Å². The molecule has 2 aliphatic heterocycles. The van der Waals surface area contributed by atoms with Crippen LogP contribution in [0.1, 0.15) is 48.1 Å². The normalized spacial score (nSPS) is 19.3. The van der Waals surface area contributed by atoms with Gasteiger partial charge >= 0.3 is 5.97 Å². The van der Waals surface area contributed by atoms with Crippen LogP contribution in [0.25, 0.3) is 15.9 Å². The fourth-order valence-corrected chi connectivity index (χ4v) is 5.89. The minimum absolute atomic E-state index is 0.0232. The van der Waals surface area contributed by atoms with Crippen molar-refractivity contribution in [1.29, 1.82) is 0 Å². The van der Waals surface area contributed by atoms with E-state index in [1.165, 1.54) is 13.2 Å². The van der Waals surface area contributed by atoms with Gasteiger partial charge in [0.25, 0.3) is 0 Å². The van der Waals surface area contributed by atoms with E-state index in [9.17, 15) is 9.18 Å². The first kappa shape index (κ1) is 29.5. The van der Waals surface area contributed by atoms with E-state index in [-0.39, 0.29) is 36.5 Å². The fourth-order valence-electron chi connectivity index (χ4n) is 5.89. The van der Waals surface area contributed by atoms with Gasteiger partial charge in [-0.25, -0.2) is 19.0 Å². The Labute approximate surface area is 255 Å². The van der Waals surface area contributed by atoms with Gasteiger partial charge in [0.2, 0.25) is 5.88 Å². The summed E-state index contributed by atoms with van der Waals surface area (Å²) in [6.07, 6.45) is 1.13. The number of aromatic nitrogens is 3. The maximum Gasteiger partial charge on any atom is 0.337 e. The molecule has 2 saturated heterocycles. The minimum Gasteiger partial charge on any atom is -0.473 e. The van der Waals surface area contributed by atoms with E-state index in [0.717, 1.165) is 55.3 Å². The molecule has 4 aromatic rings. The van der Waals surface area contributed by atoms with Gasteiger partial charge in [0.1, 0.15) is 24.1 Å². The van der Waals surface area contributed by atoms with Crippen LogP contribution in [0.2, 0.25) is 0 Å². The Morgan fingerprint density at radius 1 is 1.18 bits per heavy atom. The zero-order valence-electron chi connectivity index (χ0n) is 25.1. The smallest absolute Gasteiger partial charge is 0.337 e. The van der Waals surface area contributed by atoms with Crippen LogP contribution in [0.15, 0.2) is 54.6 Å². The summed E-state index contributed by atoms with van der Waals surface area (Å²) in [5, 5.41) is 0. The van der Waals surface area contributed by atoms with Gasteiger partial charge in [-0.05, 0) is 50.6 Å². The van der Waals surface area contributed by atoms with Crippen LogP contribution in [-0.4, -0.2) is 70.9 Å². The molecule has 11 heteroatoms. The number of piperazine rings is 1. The summed E-state index contributed by atoms with van der Waals surface area (Å²) in [6.45, 7) is 15.2. The van der Waals surface area contributed by atoms with Crippen molar-refractivity contribution in [1.82, 2.24) is 19.4 Å². The summed E-state index contributed by atoms with van der Waals surface area (Å²) in [5.41, 5.74) is 2.87. The Bertz CT molecular complexity index is 1710. The van der Waals surface area contributed by atoms with Crippen LogP contribution in [0.3, 0.4) is 0 Å². The molecule has 0 saturated carbocycles. The van der Waals surface area contributed by atoms with Crippen molar-refractivity contribution >= 4 is 28.5 Å². The number of hydrogen-bond acceptors (Lipinski definition) is 8. The molecule has 0 N–H and O–H groups in total. The molecule has 6 rings (SSSR count). The van der Waals surface area contributed by atoms with Gasteiger partial charge in [0, 0.05) is 43.9 Å². The molecule has 10 nitrogen and oxygen atoms in total. The average Bonchev–Trinajstić information content (AvgIpc) is 3.38. The number of carbonyl (C=O) groups excluding carboxylic acids is 1. The van der Waals surface area contributed by atoms with E-state index >= 15 is 0 Å². The molecule has 0 amide bonds. The van der Waals surface area contributed by atoms with E-state index in [1.54, 1.807) is 24.3 Å². The lowest BCUT2D eigenvalue weighted by atomic mass is 10.1. The third-order valence-corrected chi connectivity index (χ3v) is 8.50. The van der Waals surface area contributed by atoms with E-state index in [4.69, 9.17) is 30.8 Å². The number of nitrogens with zero attached hydrogens (tertiary/aromatic N) is 6. The molecule has 0 unspecified atom stereocenters. The molecule has 0 radical (unpaired) electrons. The third kappa shape index (κ3) is 5.96. The van der Waals surface area contributed by atoms with Crippen molar-refractivity contribution in [2.24, 2.45) is 0 Å². The molecule has 2 aromatic heterocycles. The predicted molar refractivity (Wildman–Crippen MR) is 163 cm³/mol. The van der Waals surface area contributed by atoms with Crippen LogP contribution in [0.5, 0.6) is 5.88 Å². The van der Waals surface area contributed by atoms with E-state index in [0.29, 0.717) is 23.6 Å². The second-order valence-corrected chi connectivity index (χ2v) is 11.3. The van der Waals surface area contributed by atoms with Gasteiger partial charge in [0.15, 0.2) is 5.69 Å². The molecular weight excluding hydrogens is 563 g/mol. The lowest BCUT2D eigenvalue weighted by molar-refractivity contribution is -0.0594. The molecule has 0 bridgehead atoms. The Balaban J connectivity index is 1.16. The molecule has 2 fully saturated rings. The SMILES string of the molecule is [C-]#[N+]c1ccc(COc2cccc(N3CCN([C@@H](C)c4nc5ccc(C(=O)OC)cc5n4C[C@@H]4CCO4)C[C@H]3C)n2)c(F)c1. The van der Waals surface area contributed by atoms with E-state index < -0.39 is 5.82 Å². The number of esters is 1. The van der Waals surface area contributed by atoms with E-state index in [1.807, 2.05) is 24.3 Å². The molecule has 44 heavy (non-hydrogen) atoms. The highest BCUT2D eigenvalue weighted by Gasteiger charge is 2.32. The van der Waals surface area contributed by atoms with Gasteiger partial charge < -0.3 is 23.7 Å². The number of rotatable bonds is 9. The van der Waals surface area contributed by atoms with Crippen molar-refractivity contribution in [3.8, 4) is 5.88 Å². The lowest BCUT2D eigenvalue weighted by Gasteiger charge is -2.43. The Kier molecular flexibility index (Phi) is 8.46. The topological polar surface area (TPSA) is 86.3 Å². The van der Waals surface area contributed by atoms with Crippen LogP contribution < -0.4 is 9.64 Å². The van der Waals surface area contributed by atoms with E-state index in [2.05, 4.69) is 33.1 Å². The van der Waals surface area contributed by atoms with Gasteiger partial charge in [-0.15, -0.1) is 0 Å². The second-order valence-electron chi connectivity index (χ2n) is 11.3. The zero-order valence-corrected chi connectivity index (χ0v) is 25.1. The number of ether oxygens (including phenoxy) is 3. The summed E-state index contributed by atoms with van der Waals surface area (Å²) in [5.74, 6) is 1.33. The Hall–Kier alpha value is -4.53.